The molecule has 0 fully saturated rings. The third kappa shape index (κ3) is 6.48. The molecule has 0 aliphatic rings. The summed E-state index contributed by atoms with van der Waals surface area (Å²) in [7, 11) is -3.10. The number of sulfone groups is 1. The van der Waals surface area contributed by atoms with Gasteiger partial charge in [0.15, 0.2) is 0 Å². The van der Waals surface area contributed by atoms with Gasteiger partial charge in [-0.3, -0.25) is 0 Å². The molecule has 0 bridgehead atoms. The number of hydrogen-bond acceptors (Lipinski definition) is 4. The van der Waals surface area contributed by atoms with Gasteiger partial charge < -0.3 is 10.2 Å². The van der Waals surface area contributed by atoms with Crippen LogP contribution < -0.4 is 5.32 Å². The van der Waals surface area contributed by atoms with Crippen molar-refractivity contribution in [1.29, 1.82) is 0 Å². The second-order valence-corrected chi connectivity index (χ2v) is 8.38. The molecule has 5 nitrogen and oxygen atoms in total. The average molecular weight is 332 g/mol. The van der Waals surface area contributed by atoms with Crippen molar-refractivity contribution in [3.63, 3.8) is 0 Å². The number of hydrogen-bond donors (Lipinski definition) is 1. The van der Waals surface area contributed by atoms with E-state index in [2.05, 4.69) is 10.7 Å². The van der Waals surface area contributed by atoms with Crippen LogP contribution in [0.4, 0.5) is 4.79 Å². The van der Waals surface area contributed by atoms with E-state index in [0.29, 0.717) is 6.54 Å². The Labute approximate surface area is 131 Å². The molecule has 0 saturated heterocycles. The van der Waals surface area contributed by atoms with Crippen LogP contribution in [0.15, 0.2) is 16.8 Å². The van der Waals surface area contributed by atoms with Crippen LogP contribution >= 0.6 is 11.3 Å². The average Bonchev–Trinajstić information content (AvgIpc) is 2.79. The van der Waals surface area contributed by atoms with Gasteiger partial charge in [-0.05, 0) is 49.6 Å². The van der Waals surface area contributed by atoms with E-state index in [1.54, 1.807) is 23.2 Å². The quantitative estimate of drug-likeness (QED) is 0.832. The van der Waals surface area contributed by atoms with Crippen molar-refractivity contribution in [3.8, 4) is 0 Å². The summed E-state index contributed by atoms with van der Waals surface area (Å²) in [5.74, 6) is -0.0207. The molecule has 0 spiro atoms. The summed E-state index contributed by atoms with van der Waals surface area (Å²) in [6.07, 6.45) is 1.96. The van der Waals surface area contributed by atoms with Crippen LogP contribution in [0, 0.1) is 0 Å². The largest absolute Gasteiger partial charge is 0.335 e. The normalized spacial score (nSPS) is 14.5. The van der Waals surface area contributed by atoms with Crippen LogP contribution in [0.1, 0.15) is 26.3 Å². The lowest BCUT2D eigenvalue weighted by Crippen LogP contribution is -2.49. The fourth-order valence-corrected chi connectivity index (χ4v) is 4.03. The summed E-state index contributed by atoms with van der Waals surface area (Å²) in [4.78, 5) is 13.8. The van der Waals surface area contributed by atoms with E-state index in [9.17, 15) is 13.2 Å². The highest BCUT2D eigenvalue weighted by Crippen LogP contribution is 2.09. The van der Waals surface area contributed by atoms with Gasteiger partial charge in [-0.25, -0.2) is 13.2 Å². The Kier molecular flexibility index (Phi) is 6.67. The van der Waals surface area contributed by atoms with Gasteiger partial charge in [-0.15, -0.1) is 0 Å². The molecule has 0 saturated carbocycles. The number of amides is 2. The van der Waals surface area contributed by atoms with Crippen molar-refractivity contribution in [3.05, 3.63) is 22.4 Å². The van der Waals surface area contributed by atoms with Crippen molar-refractivity contribution >= 4 is 27.2 Å². The zero-order chi connectivity index (χ0) is 16.0. The summed E-state index contributed by atoms with van der Waals surface area (Å²) in [6, 6.07) is 1.50. The predicted octanol–water partition coefficient (Wildman–Crippen LogP) is 2.14. The lowest BCUT2D eigenvalue weighted by Gasteiger charge is -2.29. The third-order valence-electron chi connectivity index (χ3n) is 3.17. The smallest absolute Gasteiger partial charge is 0.317 e. The highest BCUT2D eigenvalue weighted by atomic mass is 32.2. The van der Waals surface area contributed by atoms with Gasteiger partial charge in [0.25, 0.3) is 0 Å². The fourth-order valence-electron chi connectivity index (χ4n) is 2.29. The molecule has 0 aliphatic heterocycles. The molecule has 7 heteroatoms. The maximum absolute atomic E-state index is 12.3. The Hall–Kier alpha value is -1.08. The van der Waals surface area contributed by atoms with E-state index < -0.39 is 9.84 Å². The molecule has 1 rings (SSSR count). The Morgan fingerprint density at radius 2 is 2.10 bits per heavy atom. The van der Waals surface area contributed by atoms with Crippen LogP contribution in [-0.4, -0.2) is 50.0 Å². The van der Waals surface area contributed by atoms with Crippen molar-refractivity contribution in [2.45, 2.75) is 39.3 Å². The number of nitrogens with zero attached hydrogens (tertiary/aromatic N) is 1. The van der Waals surface area contributed by atoms with Gasteiger partial charge in [-0.2, -0.15) is 11.3 Å². The number of nitrogens with one attached hydrogen (secondary N) is 1. The maximum atomic E-state index is 12.3. The molecule has 1 heterocycles. The highest BCUT2D eigenvalue weighted by Gasteiger charge is 2.22. The van der Waals surface area contributed by atoms with Crippen LogP contribution in [0.3, 0.4) is 0 Å². The molecule has 21 heavy (non-hydrogen) atoms. The van der Waals surface area contributed by atoms with Gasteiger partial charge >= 0.3 is 6.03 Å². The SMILES string of the molecule is CCN(C(=O)NC(C)Cc1ccsc1)C(C)CS(C)(=O)=O. The van der Waals surface area contributed by atoms with E-state index in [1.165, 1.54) is 11.8 Å². The molecular weight excluding hydrogens is 308 g/mol. The lowest BCUT2D eigenvalue weighted by atomic mass is 10.1. The van der Waals surface area contributed by atoms with E-state index in [1.807, 2.05) is 25.3 Å². The first-order chi connectivity index (χ1) is 9.73. The van der Waals surface area contributed by atoms with Gasteiger partial charge in [0.05, 0.1) is 5.75 Å². The fraction of sp³-hybridized carbons (Fsp3) is 0.643. The number of carbonyl (C=O) groups is 1. The first-order valence-electron chi connectivity index (χ1n) is 6.99. The molecule has 1 N–H and O–H groups in total. The van der Waals surface area contributed by atoms with Gasteiger partial charge in [0.2, 0.25) is 0 Å². The molecule has 0 aliphatic carbocycles. The van der Waals surface area contributed by atoms with E-state index in [-0.39, 0.29) is 23.9 Å². The summed E-state index contributed by atoms with van der Waals surface area (Å²) in [5, 5.41) is 7.00. The zero-order valence-electron chi connectivity index (χ0n) is 13.0. The first kappa shape index (κ1) is 18.0. The van der Waals surface area contributed by atoms with Crippen LogP contribution in [0.5, 0.6) is 0 Å². The molecule has 1 aromatic rings. The Morgan fingerprint density at radius 3 is 2.57 bits per heavy atom. The van der Waals surface area contributed by atoms with E-state index in [4.69, 9.17) is 0 Å². The Morgan fingerprint density at radius 1 is 1.43 bits per heavy atom. The van der Waals surface area contributed by atoms with E-state index in [0.717, 1.165) is 6.42 Å². The standard InChI is InChI=1S/C14H24N2O3S2/c1-5-16(12(3)10-21(4,18)19)14(17)15-11(2)8-13-6-7-20-9-13/h6-7,9,11-12H,5,8,10H2,1-4H3,(H,15,17). The number of rotatable bonds is 7. The summed E-state index contributed by atoms with van der Waals surface area (Å²) in [5.41, 5.74) is 1.19. The molecule has 2 amide bonds. The van der Waals surface area contributed by atoms with Gasteiger partial charge in [0.1, 0.15) is 9.84 Å². The Bertz CT molecular complexity index is 541. The monoisotopic (exact) mass is 332 g/mol. The molecule has 0 aromatic carbocycles. The van der Waals surface area contributed by atoms with Crippen molar-refractivity contribution in [2.24, 2.45) is 0 Å². The summed E-state index contributed by atoms with van der Waals surface area (Å²) in [6.45, 7) is 6.04. The molecule has 0 radical (unpaired) electrons. The molecule has 2 atom stereocenters. The summed E-state index contributed by atoms with van der Waals surface area (Å²) < 4.78 is 22.7. The second-order valence-electron chi connectivity index (χ2n) is 5.41. The minimum atomic E-state index is -3.10. The van der Waals surface area contributed by atoms with Crippen LogP contribution in [0.2, 0.25) is 0 Å². The minimum absolute atomic E-state index is 0.00610. The number of thiophene rings is 1. The van der Waals surface area contributed by atoms with Crippen LogP contribution in [-0.2, 0) is 16.3 Å². The molecular formula is C14H24N2O3S2. The van der Waals surface area contributed by atoms with Gasteiger partial charge in [0, 0.05) is 24.9 Å². The van der Waals surface area contributed by atoms with Crippen molar-refractivity contribution < 1.29 is 13.2 Å². The van der Waals surface area contributed by atoms with Crippen molar-refractivity contribution in [1.82, 2.24) is 10.2 Å². The number of urea groups is 1. The molecule has 120 valence electrons. The maximum Gasteiger partial charge on any atom is 0.317 e. The minimum Gasteiger partial charge on any atom is -0.335 e. The van der Waals surface area contributed by atoms with Crippen LogP contribution in [0.25, 0.3) is 0 Å². The predicted molar refractivity (Wildman–Crippen MR) is 87.6 cm³/mol. The third-order valence-corrected chi connectivity index (χ3v) is 4.99. The second kappa shape index (κ2) is 7.79. The molecule has 2 unspecified atom stereocenters. The lowest BCUT2D eigenvalue weighted by molar-refractivity contribution is 0.184. The van der Waals surface area contributed by atoms with Crippen molar-refractivity contribution in [2.75, 3.05) is 18.6 Å². The highest BCUT2D eigenvalue weighted by molar-refractivity contribution is 7.90. The first-order valence-corrected chi connectivity index (χ1v) is 9.99. The topological polar surface area (TPSA) is 66.5 Å². The zero-order valence-corrected chi connectivity index (χ0v) is 14.6. The molecule has 1 aromatic heterocycles. The Balaban J connectivity index is 2.58. The van der Waals surface area contributed by atoms with E-state index >= 15 is 0 Å². The summed E-state index contributed by atoms with van der Waals surface area (Å²) >= 11 is 1.63. The van der Waals surface area contributed by atoms with Gasteiger partial charge in [-0.1, -0.05) is 0 Å². The number of carbonyl (C=O) groups excluding carboxylic acids is 1.